The summed E-state index contributed by atoms with van der Waals surface area (Å²) in [6.45, 7) is 6.25. The number of likely N-dealkylation sites (N-methyl/N-ethyl adjacent to an activating group) is 1. The fraction of sp³-hybridized carbons (Fsp3) is 0.533. The molecule has 0 unspecified atom stereocenters. The molecule has 4 nitrogen and oxygen atoms in total. The van der Waals surface area contributed by atoms with E-state index in [1.807, 2.05) is 19.9 Å². The molecule has 2 N–H and O–H groups in total. The van der Waals surface area contributed by atoms with E-state index in [1.165, 1.54) is 6.07 Å². The highest BCUT2D eigenvalue weighted by Crippen LogP contribution is 2.24. The van der Waals surface area contributed by atoms with Crippen molar-refractivity contribution in [1.82, 2.24) is 10.6 Å². The van der Waals surface area contributed by atoms with Crippen LogP contribution in [0.15, 0.2) is 18.2 Å². The Bertz CT molecular complexity index is 437. The summed E-state index contributed by atoms with van der Waals surface area (Å²) in [7, 11) is 1.59. The molecule has 1 aromatic rings. The van der Waals surface area contributed by atoms with Crippen LogP contribution >= 0.6 is 0 Å². The molecule has 0 aromatic heterocycles. The lowest BCUT2D eigenvalue weighted by Gasteiger charge is -2.26. The summed E-state index contributed by atoms with van der Waals surface area (Å²) in [5.74, 6) is -0.395. The van der Waals surface area contributed by atoms with Crippen LogP contribution in [-0.4, -0.2) is 32.6 Å². The molecule has 0 bridgehead atoms. The summed E-state index contributed by atoms with van der Waals surface area (Å²) in [5, 5.41) is 5.79. The fourth-order valence-corrected chi connectivity index (χ4v) is 2.11. The number of carbonyl (C=O) groups excluding carboxylic acids is 1. The van der Waals surface area contributed by atoms with E-state index in [1.54, 1.807) is 18.0 Å². The Hall–Kier alpha value is -1.62. The minimum absolute atomic E-state index is 0.115. The van der Waals surface area contributed by atoms with E-state index in [-0.39, 0.29) is 18.3 Å². The molecule has 0 atom stereocenters. The molecule has 112 valence electrons. The topological polar surface area (TPSA) is 44.4 Å². The first-order chi connectivity index (χ1) is 9.63. The lowest BCUT2D eigenvalue weighted by molar-refractivity contribution is -0.119. The number of hydrogen-bond acceptors (Lipinski definition) is 3. The number of halogens is 1. The summed E-state index contributed by atoms with van der Waals surface area (Å²) in [6, 6.07) is 5.04. The second-order valence-electron chi connectivity index (χ2n) is 4.62. The van der Waals surface area contributed by atoms with Gasteiger partial charge in [0, 0.05) is 20.1 Å². The highest BCUT2D eigenvalue weighted by Gasteiger charge is 2.17. The first kappa shape index (κ1) is 16.4. The largest absolute Gasteiger partial charge is 0.360 e. The van der Waals surface area contributed by atoms with Crippen LogP contribution in [0.2, 0.25) is 0 Å². The van der Waals surface area contributed by atoms with Crippen LogP contribution in [-0.2, 0) is 11.3 Å². The van der Waals surface area contributed by atoms with E-state index in [2.05, 4.69) is 10.6 Å². The first-order valence-corrected chi connectivity index (χ1v) is 7.07. The molecule has 0 saturated heterocycles. The zero-order chi connectivity index (χ0) is 15.0. The maximum absolute atomic E-state index is 14.2. The highest BCUT2D eigenvalue weighted by molar-refractivity contribution is 5.81. The van der Waals surface area contributed by atoms with Crippen molar-refractivity contribution < 1.29 is 9.18 Å². The maximum atomic E-state index is 14.2. The van der Waals surface area contributed by atoms with Crippen molar-refractivity contribution in [2.45, 2.75) is 26.8 Å². The normalized spacial score (nSPS) is 10.4. The Morgan fingerprint density at radius 1 is 1.35 bits per heavy atom. The molecule has 0 fully saturated rings. The van der Waals surface area contributed by atoms with Gasteiger partial charge in [0.25, 0.3) is 0 Å². The van der Waals surface area contributed by atoms with Crippen LogP contribution in [0.5, 0.6) is 0 Å². The van der Waals surface area contributed by atoms with Crippen LogP contribution in [0.4, 0.5) is 10.1 Å². The van der Waals surface area contributed by atoms with Gasteiger partial charge in [0.05, 0.1) is 12.2 Å². The van der Waals surface area contributed by atoms with Crippen LogP contribution in [0.25, 0.3) is 0 Å². The lowest BCUT2D eigenvalue weighted by Crippen LogP contribution is -2.37. The van der Waals surface area contributed by atoms with Gasteiger partial charge in [-0.15, -0.1) is 0 Å². The Morgan fingerprint density at radius 2 is 2.10 bits per heavy atom. The molecule has 0 spiro atoms. The number of nitrogens with zero attached hydrogens (tertiary/aromatic N) is 1. The molecule has 0 radical (unpaired) electrons. The molecule has 1 amide bonds. The average Bonchev–Trinajstić information content (AvgIpc) is 2.44. The van der Waals surface area contributed by atoms with E-state index >= 15 is 0 Å². The quantitative estimate of drug-likeness (QED) is 0.765. The molecule has 5 heteroatoms. The van der Waals surface area contributed by atoms with Gasteiger partial charge in [-0.1, -0.05) is 26.0 Å². The second-order valence-corrected chi connectivity index (χ2v) is 4.62. The van der Waals surface area contributed by atoms with Gasteiger partial charge in [-0.2, -0.15) is 0 Å². The summed E-state index contributed by atoms with van der Waals surface area (Å²) in [4.78, 5) is 13.4. The number of amides is 1. The van der Waals surface area contributed by atoms with Gasteiger partial charge in [-0.3, -0.25) is 4.79 Å². The summed E-state index contributed by atoms with van der Waals surface area (Å²) >= 11 is 0. The third kappa shape index (κ3) is 4.49. The molecular weight excluding hydrogens is 257 g/mol. The van der Waals surface area contributed by atoms with Crippen LogP contribution < -0.4 is 15.5 Å². The van der Waals surface area contributed by atoms with Gasteiger partial charge in [0.15, 0.2) is 0 Å². The van der Waals surface area contributed by atoms with Crippen molar-refractivity contribution in [2.75, 3.05) is 31.6 Å². The molecule has 0 aliphatic carbocycles. The van der Waals surface area contributed by atoms with E-state index in [0.29, 0.717) is 18.8 Å². The lowest BCUT2D eigenvalue weighted by atomic mass is 10.1. The van der Waals surface area contributed by atoms with Gasteiger partial charge in [0.2, 0.25) is 5.91 Å². The number of rotatable bonds is 8. The first-order valence-electron chi connectivity index (χ1n) is 7.07. The van der Waals surface area contributed by atoms with Crippen molar-refractivity contribution >= 4 is 11.6 Å². The maximum Gasteiger partial charge on any atom is 0.239 e. The Labute approximate surface area is 120 Å². The minimum atomic E-state index is -0.280. The Kier molecular flexibility index (Phi) is 7.01. The average molecular weight is 281 g/mol. The number of carbonyl (C=O) groups is 1. The van der Waals surface area contributed by atoms with E-state index < -0.39 is 0 Å². The smallest absolute Gasteiger partial charge is 0.239 e. The summed E-state index contributed by atoms with van der Waals surface area (Å²) < 4.78 is 14.2. The second kappa shape index (κ2) is 8.53. The number of anilines is 1. The third-order valence-electron chi connectivity index (χ3n) is 3.06. The molecular formula is C15H24FN3O. The van der Waals surface area contributed by atoms with Gasteiger partial charge >= 0.3 is 0 Å². The van der Waals surface area contributed by atoms with Crippen molar-refractivity contribution in [3.8, 4) is 0 Å². The number of para-hydroxylation sites is 1. The van der Waals surface area contributed by atoms with Gasteiger partial charge in [-0.05, 0) is 24.6 Å². The molecule has 1 aromatic carbocycles. The Morgan fingerprint density at radius 3 is 2.70 bits per heavy atom. The number of nitrogens with one attached hydrogen (secondary N) is 2. The van der Waals surface area contributed by atoms with Crippen molar-refractivity contribution in [3.63, 3.8) is 0 Å². The van der Waals surface area contributed by atoms with Crippen molar-refractivity contribution in [2.24, 2.45) is 0 Å². The van der Waals surface area contributed by atoms with Crippen LogP contribution in [0.1, 0.15) is 25.8 Å². The van der Waals surface area contributed by atoms with E-state index in [0.717, 1.165) is 18.5 Å². The predicted octanol–water partition coefficient (Wildman–Crippen LogP) is 1.90. The minimum Gasteiger partial charge on any atom is -0.360 e. The molecule has 1 rings (SSSR count). The standard InChI is InChI=1S/C15H24FN3O/c1-4-9-19(11-14(20)17-3)15-12(10-18-5-2)7-6-8-13(15)16/h6-8,18H,4-5,9-11H2,1-3H3,(H,17,20). The predicted molar refractivity (Wildman–Crippen MR) is 80.4 cm³/mol. The molecule has 0 aliphatic heterocycles. The van der Waals surface area contributed by atoms with Gasteiger partial charge in [0.1, 0.15) is 5.82 Å². The highest BCUT2D eigenvalue weighted by atomic mass is 19.1. The monoisotopic (exact) mass is 281 g/mol. The van der Waals surface area contributed by atoms with E-state index in [4.69, 9.17) is 0 Å². The molecule has 0 heterocycles. The Balaban J connectivity index is 3.06. The summed E-state index contributed by atoms with van der Waals surface area (Å²) in [6.07, 6.45) is 0.853. The van der Waals surface area contributed by atoms with Gasteiger partial charge in [-0.25, -0.2) is 4.39 Å². The zero-order valence-corrected chi connectivity index (χ0v) is 12.5. The van der Waals surface area contributed by atoms with Crippen LogP contribution in [0, 0.1) is 5.82 Å². The number of benzene rings is 1. The van der Waals surface area contributed by atoms with E-state index in [9.17, 15) is 9.18 Å². The van der Waals surface area contributed by atoms with Crippen molar-refractivity contribution in [1.29, 1.82) is 0 Å². The van der Waals surface area contributed by atoms with Gasteiger partial charge < -0.3 is 15.5 Å². The number of hydrogen-bond donors (Lipinski definition) is 2. The third-order valence-corrected chi connectivity index (χ3v) is 3.06. The summed E-state index contributed by atoms with van der Waals surface area (Å²) in [5.41, 5.74) is 1.41. The molecule has 0 saturated carbocycles. The SMILES string of the molecule is CCCN(CC(=O)NC)c1c(F)cccc1CNCC. The van der Waals surface area contributed by atoms with Crippen LogP contribution in [0.3, 0.4) is 0 Å². The van der Waals surface area contributed by atoms with Crippen molar-refractivity contribution in [3.05, 3.63) is 29.6 Å². The fourth-order valence-electron chi connectivity index (χ4n) is 2.11. The molecule has 20 heavy (non-hydrogen) atoms. The molecule has 0 aliphatic rings. The zero-order valence-electron chi connectivity index (χ0n) is 12.5.